The first-order valence-electron chi connectivity index (χ1n) is 14.3. The van der Waals surface area contributed by atoms with Gasteiger partial charge in [0, 0.05) is 49.9 Å². The number of carbonyl (C=O) groups excluding carboxylic acids is 2. The van der Waals surface area contributed by atoms with Crippen LogP contribution in [0.15, 0.2) is 78.9 Å². The van der Waals surface area contributed by atoms with Crippen molar-refractivity contribution in [3.05, 3.63) is 95.6 Å². The van der Waals surface area contributed by atoms with Gasteiger partial charge in [-0.3, -0.25) is 24.7 Å². The van der Waals surface area contributed by atoms with Gasteiger partial charge in [0.15, 0.2) is 0 Å². The molecule has 3 N–H and O–H groups in total. The molecule has 0 saturated carbocycles. The topological polar surface area (TPSA) is 76.7 Å². The molecule has 3 aromatic rings. The van der Waals surface area contributed by atoms with Gasteiger partial charge in [0.1, 0.15) is 0 Å². The smallest absolute Gasteiger partial charge is 0.243 e. The fraction of sp³-hybridized carbons (Fsp3) is 0.375. The van der Waals surface area contributed by atoms with Crippen molar-refractivity contribution < 1.29 is 9.59 Å². The van der Waals surface area contributed by atoms with Crippen LogP contribution in [-0.4, -0.2) is 53.0 Å². The van der Waals surface area contributed by atoms with E-state index in [1.807, 2.05) is 6.07 Å². The number of benzene rings is 3. The number of para-hydroxylation sites is 2. The normalized spacial score (nSPS) is 22.9. The zero-order valence-electron chi connectivity index (χ0n) is 22.6. The number of amides is 2. The Morgan fingerprint density at radius 2 is 1.60 bits per heavy atom. The van der Waals surface area contributed by atoms with Crippen LogP contribution in [0.3, 0.4) is 0 Å². The molecule has 8 heteroatoms. The van der Waals surface area contributed by atoms with E-state index in [1.54, 1.807) is 0 Å². The number of nitrogens with one attached hydrogen (secondary N) is 3. The number of carbonyl (C=O) groups is 2. The number of likely N-dealkylation sites (tertiary alicyclic amines) is 1. The molecule has 40 heavy (non-hydrogen) atoms. The third-order valence-electron chi connectivity index (χ3n) is 8.42. The number of hydrogen-bond donors (Lipinski definition) is 4. The second-order valence-electron chi connectivity index (χ2n) is 11.1. The van der Waals surface area contributed by atoms with Gasteiger partial charge in [-0.1, -0.05) is 54.6 Å². The van der Waals surface area contributed by atoms with Crippen LogP contribution in [0.5, 0.6) is 0 Å². The van der Waals surface area contributed by atoms with Crippen LogP contribution in [0, 0.1) is 0 Å². The van der Waals surface area contributed by atoms with Crippen molar-refractivity contribution in [2.45, 2.75) is 62.3 Å². The Hall–Kier alpha value is -3.33. The summed E-state index contributed by atoms with van der Waals surface area (Å²) in [7, 11) is 0. The van der Waals surface area contributed by atoms with Crippen LogP contribution in [-0.2, 0) is 22.6 Å². The Morgan fingerprint density at radius 3 is 2.30 bits per heavy atom. The molecule has 2 fully saturated rings. The largest absolute Gasteiger partial charge is 0.382 e. The Bertz CT molecular complexity index is 1330. The lowest BCUT2D eigenvalue weighted by Crippen LogP contribution is -2.51. The first kappa shape index (κ1) is 26.9. The third-order valence-corrected chi connectivity index (χ3v) is 8.99. The molecule has 0 aliphatic carbocycles. The number of fused-ring (bicyclic) bond motifs is 1. The molecule has 0 spiro atoms. The highest BCUT2D eigenvalue weighted by Crippen LogP contribution is 2.40. The van der Waals surface area contributed by atoms with E-state index in [1.165, 1.54) is 16.8 Å². The monoisotopic (exact) mass is 555 g/mol. The molecule has 0 bridgehead atoms. The zero-order valence-corrected chi connectivity index (χ0v) is 23.5. The molecule has 3 unspecified atom stereocenters. The van der Waals surface area contributed by atoms with Gasteiger partial charge >= 0.3 is 0 Å². The number of hydrogen-bond acceptors (Lipinski definition) is 7. The minimum atomic E-state index is -0.325. The quantitative estimate of drug-likeness (QED) is 0.237. The average molecular weight is 556 g/mol. The van der Waals surface area contributed by atoms with Crippen molar-refractivity contribution >= 4 is 35.8 Å². The lowest BCUT2D eigenvalue weighted by Gasteiger charge is -2.39. The minimum Gasteiger partial charge on any atom is -0.382 e. The summed E-state index contributed by atoms with van der Waals surface area (Å²) in [6, 6.07) is 27.7. The zero-order chi connectivity index (χ0) is 27.5. The summed E-state index contributed by atoms with van der Waals surface area (Å²) in [5.74, 6) is -0.395. The van der Waals surface area contributed by atoms with Gasteiger partial charge in [-0.05, 0) is 60.2 Å². The van der Waals surface area contributed by atoms with Gasteiger partial charge in [-0.25, -0.2) is 0 Å². The Balaban J connectivity index is 1.15. The summed E-state index contributed by atoms with van der Waals surface area (Å²) < 4.78 is 0. The van der Waals surface area contributed by atoms with E-state index in [4.69, 9.17) is 12.6 Å². The molecule has 0 aromatic heterocycles. The molecular formula is C32H37N5O2S. The molecule has 7 nitrogen and oxygen atoms in total. The summed E-state index contributed by atoms with van der Waals surface area (Å²) in [5, 5.41) is 9.83. The summed E-state index contributed by atoms with van der Waals surface area (Å²) in [6.07, 6.45) is 4.11. The molecule has 3 aliphatic rings. The van der Waals surface area contributed by atoms with E-state index >= 15 is 0 Å². The molecule has 3 atom stereocenters. The van der Waals surface area contributed by atoms with Crippen molar-refractivity contribution in [1.82, 2.24) is 15.1 Å². The SMILES string of the molecule is O=C1CCC(N2Cc3ccc(CC(Nc4ccccc4)N4CCC(Nc5ccccc5)CC4)cc3C2S)C(=O)N1. The molecule has 6 rings (SSSR count). The van der Waals surface area contributed by atoms with Crippen molar-refractivity contribution in [3.8, 4) is 0 Å². The van der Waals surface area contributed by atoms with Crippen LogP contribution in [0.25, 0.3) is 0 Å². The van der Waals surface area contributed by atoms with Crippen molar-refractivity contribution in [3.63, 3.8) is 0 Å². The van der Waals surface area contributed by atoms with Gasteiger partial charge in [0.05, 0.1) is 17.6 Å². The van der Waals surface area contributed by atoms with Crippen molar-refractivity contribution in [2.75, 3.05) is 23.7 Å². The van der Waals surface area contributed by atoms with Gasteiger partial charge in [0.25, 0.3) is 0 Å². The van der Waals surface area contributed by atoms with E-state index in [0.717, 1.165) is 43.6 Å². The van der Waals surface area contributed by atoms with Crippen LogP contribution in [0.1, 0.15) is 47.7 Å². The lowest BCUT2D eigenvalue weighted by atomic mass is 10.00. The van der Waals surface area contributed by atoms with E-state index < -0.39 is 0 Å². The highest BCUT2D eigenvalue weighted by molar-refractivity contribution is 7.80. The Labute approximate surface area is 241 Å². The second-order valence-corrected chi connectivity index (χ2v) is 11.6. The molecule has 3 aliphatic heterocycles. The van der Waals surface area contributed by atoms with Gasteiger partial charge in [-0.15, -0.1) is 0 Å². The highest BCUT2D eigenvalue weighted by atomic mass is 32.1. The summed E-state index contributed by atoms with van der Waals surface area (Å²) in [6.45, 7) is 2.69. The van der Waals surface area contributed by atoms with Gasteiger partial charge in [-0.2, -0.15) is 12.6 Å². The molecule has 3 aromatic carbocycles. The average Bonchev–Trinajstić information content (AvgIpc) is 3.29. The number of piperidine rings is 2. The number of nitrogens with zero attached hydrogens (tertiary/aromatic N) is 2. The second kappa shape index (κ2) is 12.0. The van der Waals surface area contributed by atoms with E-state index in [0.29, 0.717) is 25.4 Å². The fourth-order valence-electron chi connectivity index (χ4n) is 6.24. The van der Waals surface area contributed by atoms with E-state index in [2.05, 4.69) is 98.5 Å². The predicted molar refractivity (Wildman–Crippen MR) is 162 cm³/mol. The predicted octanol–water partition coefficient (Wildman–Crippen LogP) is 4.79. The highest BCUT2D eigenvalue weighted by Gasteiger charge is 2.39. The van der Waals surface area contributed by atoms with E-state index in [9.17, 15) is 9.59 Å². The maximum Gasteiger partial charge on any atom is 0.243 e. The van der Waals surface area contributed by atoms with Crippen LogP contribution >= 0.6 is 12.6 Å². The molecule has 0 radical (unpaired) electrons. The first-order valence-corrected chi connectivity index (χ1v) is 14.8. The Kier molecular flexibility index (Phi) is 8.09. The van der Waals surface area contributed by atoms with Crippen molar-refractivity contribution in [2.24, 2.45) is 0 Å². The summed E-state index contributed by atoms with van der Waals surface area (Å²) >= 11 is 4.94. The van der Waals surface area contributed by atoms with Crippen molar-refractivity contribution in [1.29, 1.82) is 0 Å². The molecular weight excluding hydrogens is 518 g/mol. The minimum absolute atomic E-state index is 0.157. The van der Waals surface area contributed by atoms with E-state index in [-0.39, 0.29) is 29.4 Å². The molecule has 2 saturated heterocycles. The summed E-state index contributed by atoms with van der Waals surface area (Å²) in [5.41, 5.74) is 5.92. The molecule has 208 valence electrons. The lowest BCUT2D eigenvalue weighted by molar-refractivity contribution is -0.137. The number of rotatable bonds is 8. The number of anilines is 2. The van der Waals surface area contributed by atoms with Gasteiger partial charge in [0.2, 0.25) is 11.8 Å². The third kappa shape index (κ3) is 6.04. The summed E-state index contributed by atoms with van der Waals surface area (Å²) in [4.78, 5) is 28.9. The van der Waals surface area contributed by atoms with Crippen LogP contribution < -0.4 is 16.0 Å². The number of imide groups is 1. The number of thiol groups is 1. The van der Waals surface area contributed by atoms with Crippen LogP contribution in [0.2, 0.25) is 0 Å². The molecule has 2 amide bonds. The fourth-order valence-corrected chi connectivity index (χ4v) is 6.73. The maximum absolute atomic E-state index is 12.5. The van der Waals surface area contributed by atoms with Gasteiger partial charge < -0.3 is 10.6 Å². The standard InChI is InChI=1S/C32H37N5O2S/c38-30-14-13-28(31(39)35-30)37-21-23-12-11-22(19-27(23)32(37)40)20-29(34-25-9-5-2-6-10-25)36-17-15-26(16-18-36)33-24-7-3-1-4-8-24/h1-12,19,26,28-29,32-34,40H,13-18,20-21H2,(H,35,38,39). The maximum atomic E-state index is 12.5. The molecule has 3 heterocycles. The van der Waals surface area contributed by atoms with Crippen LogP contribution in [0.4, 0.5) is 11.4 Å². The first-order chi connectivity index (χ1) is 19.5. The Morgan fingerprint density at radius 1 is 0.900 bits per heavy atom.